The number of aliphatic carboxylic acids is 1. The highest BCUT2D eigenvalue weighted by Crippen LogP contribution is 2.32. The van der Waals surface area contributed by atoms with Gasteiger partial charge in [-0.25, -0.2) is 9.59 Å². The summed E-state index contributed by atoms with van der Waals surface area (Å²) in [7, 11) is 0. The van der Waals surface area contributed by atoms with Gasteiger partial charge in [0.25, 0.3) is 0 Å². The van der Waals surface area contributed by atoms with Crippen molar-refractivity contribution in [1.29, 1.82) is 0 Å². The molecule has 0 aromatic heterocycles. The molecule has 19 heavy (non-hydrogen) atoms. The summed E-state index contributed by atoms with van der Waals surface area (Å²) in [5.74, 6) is -0.587. The van der Waals surface area contributed by atoms with Crippen molar-refractivity contribution in [3.05, 3.63) is 0 Å². The van der Waals surface area contributed by atoms with Crippen LogP contribution in [0.15, 0.2) is 0 Å². The van der Waals surface area contributed by atoms with Gasteiger partial charge in [0.2, 0.25) is 0 Å². The van der Waals surface area contributed by atoms with Gasteiger partial charge in [-0.05, 0) is 32.1 Å². The molecule has 2 amide bonds. The molecule has 1 saturated carbocycles. The van der Waals surface area contributed by atoms with Crippen LogP contribution in [0.1, 0.15) is 59.3 Å². The molecule has 0 heterocycles. The van der Waals surface area contributed by atoms with Gasteiger partial charge < -0.3 is 15.7 Å². The largest absolute Gasteiger partial charge is 0.480 e. The molecule has 0 aromatic rings. The van der Waals surface area contributed by atoms with Crippen LogP contribution in [0.4, 0.5) is 4.79 Å². The summed E-state index contributed by atoms with van der Waals surface area (Å²) in [5, 5.41) is 15.0. The molecule has 0 aromatic carbocycles. The number of rotatable bonds is 5. The Kier molecular flexibility index (Phi) is 5.63. The van der Waals surface area contributed by atoms with E-state index < -0.39 is 11.5 Å². The molecule has 110 valence electrons. The third kappa shape index (κ3) is 4.40. The third-order valence-electron chi connectivity index (χ3n) is 3.86. The van der Waals surface area contributed by atoms with E-state index in [1.807, 2.05) is 13.8 Å². The Morgan fingerprint density at radius 3 is 2.68 bits per heavy atom. The maximum absolute atomic E-state index is 11.9. The van der Waals surface area contributed by atoms with Gasteiger partial charge in [0, 0.05) is 6.04 Å². The van der Waals surface area contributed by atoms with Crippen LogP contribution < -0.4 is 10.6 Å². The van der Waals surface area contributed by atoms with Crippen molar-refractivity contribution in [1.82, 2.24) is 10.6 Å². The molecule has 1 aliphatic carbocycles. The monoisotopic (exact) mass is 270 g/mol. The molecular weight excluding hydrogens is 244 g/mol. The van der Waals surface area contributed by atoms with Crippen molar-refractivity contribution < 1.29 is 14.7 Å². The number of carboxylic acids is 1. The number of carboxylic acid groups (broad SMARTS) is 1. The third-order valence-corrected chi connectivity index (χ3v) is 3.86. The molecule has 5 heteroatoms. The quantitative estimate of drug-likeness (QED) is 0.718. The first-order chi connectivity index (χ1) is 8.89. The number of nitrogens with one attached hydrogen (secondary N) is 2. The van der Waals surface area contributed by atoms with Crippen LogP contribution in [0.3, 0.4) is 0 Å². The van der Waals surface area contributed by atoms with Gasteiger partial charge in [-0.15, -0.1) is 0 Å². The van der Waals surface area contributed by atoms with Crippen molar-refractivity contribution in [2.45, 2.75) is 70.9 Å². The predicted octanol–water partition coefficient (Wildman–Crippen LogP) is 2.51. The molecule has 0 aliphatic heterocycles. The van der Waals surface area contributed by atoms with E-state index in [0.29, 0.717) is 18.8 Å². The van der Waals surface area contributed by atoms with Gasteiger partial charge in [0.15, 0.2) is 0 Å². The van der Waals surface area contributed by atoms with Gasteiger partial charge in [-0.2, -0.15) is 0 Å². The molecule has 1 rings (SSSR count). The van der Waals surface area contributed by atoms with Gasteiger partial charge in [0.05, 0.1) is 0 Å². The van der Waals surface area contributed by atoms with E-state index in [1.165, 1.54) is 0 Å². The minimum atomic E-state index is -1.09. The average Bonchev–Trinajstić information content (AvgIpc) is 2.28. The molecule has 1 fully saturated rings. The highest BCUT2D eigenvalue weighted by Gasteiger charge is 2.43. The molecule has 0 saturated heterocycles. The Labute approximate surface area is 115 Å². The highest BCUT2D eigenvalue weighted by molar-refractivity contribution is 5.86. The minimum absolute atomic E-state index is 0.0665. The summed E-state index contributed by atoms with van der Waals surface area (Å²) in [5.41, 5.74) is -1.09. The number of amides is 2. The first-order valence-electron chi connectivity index (χ1n) is 7.21. The molecule has 1 aliphatic rings. The van der Waals surface area contributed by atoms with Crippen LogP contribution in [-0.2, 0) is 4.79 Å². The van der Waals surface area contributed by atoms with E-state index in [1.54, 1.807) is 0 Å². The van der Waals surface area contributed by atoms with Crippen molar-refractivity contribution in [2.75, 3.05) is 0 Å². The Hall–Kier alpha value is -1.26. The lowest BCUT2D eigenvalue weighted by Crippen LogP contribution is -2.59. The van der Waals surface area contributed by atoms with Crippen molar-refractivity contribution in [3.8, 4) is 0 Å². The van der Waals surface area contributed by atoms with E-state index in [2.05, 4.69) is 17.6 Å². The SMILES string of the molecule is CCCC(C)NC(=O)NC1(C(=O)O)CCCC(C)C1. The zero-order valence-corrected chi connectivity index (χ0v) is 12.2. The molecule has 0 radical (unpaired) electrons. The van der Waals surface area contributed by atoms with E-state index in [0.717, 1.165) is 25.7 Å². The summed E-state index contributed by atoms with van der Waals surface area (Å²) < 4.78 is 0. The average molecular weight is 270 g/mol. The second-order valence-electron chi connectivity index (χ2n) is 5.88. The highest BCUT2D eigenvalue weighted by atomic mass is 16.4. The van der Waals surface area contributed by atoms with Gasteiger partial charge >= 0.3 is 12.0 Å². The molecular formula is C14H26N2O3. The predicted molar refractivity (Wildman–Crippen MR) is 74.0 cm³/mol. The second kappa shape index (κ2) is 6.78. The van der Waals surface area contributed by atoms with E-state index in [-0.39, 0.29) is 12.1 Å². The summed E-state index contributed by atoms with van der Waals surface area (Å²) in [6.45, 7) is 6.02. The second-order valence-corrected chi connectivity index (χ2v) is 5.88. The molecule has 3 N–H and O–H groups in total. The fourth-order valence-electron chi connectivity index (χ4n) is 2.89. The lowest BCUT2D eigenvalue weighted by molar-refractivity contribution is -0.146. The van der Waals surface area contributed by atoms with Crippen LogP contribution in [-0.4, -0.2) is 28.7 Å². The summed E-state index contributed by atoms with van der Waals surface area (Å²) >= 11 is 0. The number of urea groups is 1. The molecule has 0 bridgehead atoms. The summed E-state index contributed by atoms with van der Waals surface area (Å²) in [4.78, 5) is 23.5. The zero-order valence-electron chi connectivity index (χ0n) is 12.2. The standard InChI is InChI=1S/C14H26N2O3/c1-4-6-11(3)15-13(19)16-14(12(17)18)8-5-7-10(2)9-14/h10-11H,4-9H2,1-3H3,(H,17,18)(H2,15,16,19). The fraction of sp³-hybridized carbons (Fsp3) is 0.857. The number of hydrogen-bond donors (Lipinski definition) is 3. The lowest BCUT2D eigenvalue weighted by Gasteiger charge is -2.37. The van der Waals surface area contributed by atoms with Crippen LogP contribution in [0.2, 0.25) is 0 Å². The fourth-order valence-corrected chi connectivity index (χ4v) is 2.89. The van der Waals surface area contributed by atoms with Crippen LogP contribution in [0, 0.1) is 5.92 Å². The zero-order chi connectivity index (χ0) is 14.5. The first-order valence-corrected chi connectivity index (χ1v) is 7.21. The number of hydrogen-bond acceptors (Lipinski definition) is 2. The van der Waals surface area contributed by atoms with Gasteiger partial charge in [-0.3, -0.25) is 0 Å². The van der Waals surface area contributed by atoms with E-state index in [9.17, 15) is 14.7 Å². The number of carbonyl (C=O) groups excluding carboxylic acids is 1. The minimum Gasteiger partial charge on any atom is -0.480 e. The van der Waals surface area contributed by atoms with Crippen molar-refractivity contribution in [3.63, 3.8) is 0 Å². The maximum Gasteiger partial charge on any atom is 0.329 e. The first kappa shape index (κ1) is 15.8. The van der Waals surface area contributed by atoms with E-state index in [4.69, 9.17) is 0 Å². The maximum atomic E-state index is 11.9. The van der Waals surface area contributed by atoms with E-state index >= 15 is 0 Å². The normalized spacial score (nSPS) is 28.5. The Morgan fingerprint density at radius 2 is 2.16 bits per heavy atom. The molecule has 3 unspecified atom stereocenters. The summed E-state index contributed by atoms with van der Waals surface area (Å²) in [6.07, 6.45) is 4.79. The van der Waals surface area contributed by atoms with Crippen molar-refractivity contribution >= 4 is 12.0 Å². The Balaban J connectivity index is 2.63. The van der Waals surface area contributed by atoms with Gasteiger partial charge in [0.1, 0.15) is 5.54 Å². The lowest BCUT2D eigenvalue weighted by atomic mass is 9.76. The summed E-state index contributed by atoms with van der Waals surface area (Å²) in [6, 6.07) is -0.297. The van der Waals surface area contributed by atoms with Crippen LogP contribution >= 0.6 is 0 Å². The van der Waals surface area contributed by atoms with Crippen LogP contribution in [0.5, 0.6) is 0 Å². The molecule has 5 nitrogen and oxygen atoms in total. The smallest absolute Gasteiger partial charge is 0.329 e. The molecule has 3 atom stereocenters. The van der Waals surface area contributed by atoms with Gasteiger partial charge in [-0.1, -0.05) is 33.1 Å². The molecule has 0 spiro atoms. The Bertz CT molecular complexity index is 333. The number of carbonyl (C=O) groups is 2. The topological polar surface area (TPSA) is 78.4 Å². The van der Waals surface area contributed by atoms with Crippen LogP contribution in [0.25, 0.3) is 0 Å². The Morgan fingerprint density at radius 1 is 1.47 bits per heavy atom. The van der Waals surface area contributed by atoms with Crippen molar-refractivity contribution in [2.24, 2.45) is 5.92 Å².